The zero-order chi connectivity index (χ0) is 31.6. The number of anilines is 3. The van der Waals surface area contributed by atoms with Crippen LogP contribution >= 0.6 is 31.9 Å². The van der Waals surface area contributed by atoms with Gasteiger partial charge in [0.2, 0.25) is 11.8 Å². The fraction of sp³-hybridized carbons (Fsp3) is 0.387. The van der Waals surface area contributed by atoms with E-state index >= 15 is 0 Å². The average Bonchev–Trinajstić information content (AvgIpc) is 3.38. The molecular formula is C31H35Br2N9O3. The van der Waals surface area contributed by atoms with Crippen molar-refractivity contribution in [2.75, 3.05) is 61.5 Å². The molecule has 12 nitrogen and oxygen atoms in total. The molecule has 0 bridgehead atoms. The topological polar surface area (TPSA) is 140 Å². The number of piperazine rings is 1. The standard InChI is InChI=1S/C31H35Br2N9O3/c32-23-16-21(17-24(33)27(23)34)18-25(28(43)40-14-12-39(13-15-40)26-19-35-8-9-36-26)38-30(45)41-10-6-31(7-11-41)29(44)37-20-42(31)22-4-2-1-3-5-22/h1-5,8-9,16-17,19,25H,6-7,10-15,18,20,34H2,(H,37,44)(H,38,45)/t25-/m1/s1. The molecule has 3 fully saturated rings. The summed E-state index contributed by atoms with van der Waals surface area (Å²) in [7, 11) is 0. The Morgan fingerprint density at radius 3 is 2.31 bits per heavy atom. The van der Waals surface area contributed by atoms with Gasteiger partial charge in [-0.15, -0.1) is 0 Å². The molecule has 0 unspecified atom stereocenters. The number of carbonyl (C=O) groups excluding carboxylic acids is 3. The fourth-order valence-corrected chi connectivity index (χ4v) is 7.66. The van der Waals surface area contributed by atoms with Crippen LogP contribution in [0.15, 0.2) is 70.0 Å². The van der Waals surface area contributed by atoms with E-state index in [1.165, 1.54) is 0 Å². The fourth-order valence-electron chi connectivity index (χ4n) is 6.37. The minimum Gasteiger partial charge on any atom is -0.397 e. The van der Waals surface area contributed by atoms with Crippen molar-refractivity contribution in [2.24, 2.45) is 0 Å². The van der Waals surface area contributed by atoms with E-state index < -0.39 is 11.6 Å². The van der Waals surface area contributed by atoms with Crippen molar-refractivity contribution >= 4 is 66.9 Å². The Labute approximate surface area is 278 Å². The molecule has 0 aliphatic carbocycles. The van der Waals surface area contributed by atoms with Gasteiger partial charge in [-0.3, -0.25) is 14.6 Å². The Kier molecular flexibility index (Phi) is 9.13. The van der Waals surface area contributed by atoms with Crippen molar-refractivity contribution in [2.45, 2.75) is 30.8 Å². The third kappa shape index (κ3) is 6.43. The average molecular weight is 741 g/mol. The molecule has 0 saturated carbocycles. The zero-order valence-corrected chi connectivity index (χ0v) is 27.8. The number of carbonyl (C=O) groups is 3. The van der Waals surface area contributed by atoms with Gasteiger partial charge in [0.05, 0.1) is 18.6 Å². The second-order valence-corrected chi connectivity index (χ2v) is 13.2. The van der Waals surface area contributed by atoms with Gasteiger partial charge in [-0.25, -0.2) is 9.78 Å². The maximum Gasteiger partial charge on any atom is 0.318 e. The summed E-state index contributed by atoms with van der Waals surface area (Å²) >= 11 is 7.00. The summed E-state index contributed by atoms with van der Waals surface area (Å²) in [5.41, 5.74) is 7.78. The first-order valence-corrected chi connectivity index (χ1v) is 16.5. The van der Waals surface area contributed by atoms with Crippen molar-refractivity contribution in [3.05, 3.63) is 75.6 Å². The van der Waals surface area contributed by atoms with E-state index in [1.54, 1.807) is 28.4 Å². The summed E-state index contributed by atoms with van der Waals surface area (Å²) in [6.07, 6.45) is 6.27. The first kappa shape index (κ1) is 31.1. The van der Waals surface area contributed by atoms with Crippen LogP contribution in [0.2, 0.25) is 0 Å². The Morgan fingerprint density at radius 2 is 1.67 bits per heavy atom. The van der Waals surface area contributed by atoms with Crippen molar-refractivity contribution < 1.29 is 14.4 Å². The third-order valence-electron chi connectivity index (χ3n) is 8.92. The number of nitrogens with zero attached hydrogens (tertiary/aromatic N) is 6. The number of para-hydroxylation sites is 1. The second kappa shape index (κ2) is 13.2. The van der Waals surface area contributed by atoms with Gasteiger partial charge in [0.15, 0.2) is 0 Å². The highest BCUT2D eigenvalue weighted by molar-refractivity contribution is 9.11. The molecule has 3 saturated heterocycles. The highest BCUT2D eigenvalue weighted by atomic mass is 79.9. The Bertz CT molecular complexity index is 1520. The van der Waals surface area contributed by atoms with Crippen LogP contribution in [0.25, 0.3) is 0 Å². The largest absolute Gasteiger partial charge is 0.397 e. The summed E-state index contributed by atoms with van der Waals surface area (Å²) < 4.78 is 1.42. The van der Waals surface area contributed by atoms with E-state index in [-0.39, 0.29) is 24.3 Å². The predicted octanol–water partition coefficient (Wildman–Crippen LogP) is 2.98. The van der Waals surface area contributed by atoms with E-state index in [1.807, 2.05) is 42.5 Å². The van der Waals surface area contributed by atoms with E-state index in [4.69, 9.17) is 5.73 Å². The van der Waals surface area contributed by atoms with Crippen LogP contribution in [0.1, 0.15) is 18.4 Å². The molecule has 1 aromatic heterocycles. The number of urea groups is 1. The molecule has 0 radical (unpaired) electrons. The SMILES string of the molecule is Nc1c(Br)cc(C[C@@H](NC(=O)N2CCC3(CC2)C(=O)NCN3c2ccccc2)C(=O)N2CCN(c3cnccn3)CC2)cc1Br. The van der Waals surface area contributed by atoms with Gasteiger partial charge < -0.3 is 36.0 Å². The Hall–Kier alpha value is -3.91. The number of hydrogen-bond acceptors (Lipinski definition) is 8. The zero-order valence-electron chi connectivity index (χ0n) is 24.7. The molecule has 4 N–H and O–H groups in total. The number of halogens is 2. The van der Waals surface area contributed by atoms with Crippen LogP contribution in [-0.4, -0.2) is 95.1 Å². The number of likely N-dealkylation sites (tertiary alicyclic amines) is 1. The molecular weight excluding hydrogens is 706 g/mol. The molecule has 2 aromatic carbocycles. The van der Waals surface area contributed by atoms with E-state index in [0.29, 0.717) is 73.4 Å². The smallest absolute Gasteiger partial charge is 0.318 e. The molecule has 3 aromatic rings. The number of nitrogens with one attached hydrogen (secondary N) is 2. The van der Waals surface area contributed by atoms with Gasteiger partial charge in [0, 0.05) is 72.7 Å². The van der Waals surface area contributed by atoms with Gasteiger partial charge in [-0.1, -0.05) is 18.2 Å². The Morgan fingerprint density at radius 1 is 0.978 bits per heavy atom. The number of nitrogen functional groups attached to an aromatic ring is 1. The van der Waals surface area contributed by atoms with Gasteiger partial charge >= 0.3 is 6.03 Å². The highest BCUT2D eigenvalue weighted by Gasteiger charge is 2.51. The van der Waals surface area contributed by atoms with Crippen LogP contribution in [-0.2, 0) is 16.0 Å². The molecule has 3 aliphatic rings. The number of amides is 4. The van der Waals surface area contributed by atoms with Crippen LogP contribution in [0.3, 0.4) is 0 Å². The molecule has 4 heterocycles. The number of aromatic nitrogens is 2. The molecule has 6 rings (SSSR count). The summed E-state index contributed by atoms with van der Waals surface area (Å²) in [4.78, 5) is 57.0. The lowest BCUT2D eigenvalue weighted by molar-refractivity contribution is -0.133. The van der Waals surface area contributed by atoms with Crippen molar-refractivity contribution in [1.29, 1.82) is 0 Å². The maximum atomic E-state index is 14.0. The van der Waals surface area contributed by atoms with Gasteiger partial charge in [0.25, 0.3) is 0 Å². The number of hydrogen-bond donors (Lipinski definition) is 3. The number of rotatable bonds is 6. The summed E-state index contributed by atoms with van der Waals surface area (Å²) in [6, 6.07) is 12.5. The first-order chi connectivity index (χ1) is 21.7. The first-order valence-electron chi connectivity index (χ1n) is 14.9. The third-order valence-corrected chi connectivity index (χ3v) is 10.2. The van der Waals surface area contributed by atoms with E-state index in [2.05, 4.69) is 62.3 Å². The quantitative estimate of drug-likeness (QED) is 0.328. The lowest BCUT2D eigenvalue weighted by atomic mass is 9.85. The van der Waals surface area contributed by atoms with Crippen LogP contribution < -0.4 is 26.2 Å². The monoisotopic (exact) mass is 739 g/mol. The normalized spacial score (nSPS) is 18.6. The van der Waals surface area contributed by atoms with E-state index in [9.17, 15) is 14.4 Å². The summed E-state index contributed by atoms with van der Waals surface area (Å²) in [5.74, 6) is 0.611. The van der Waals surface area contributed by atoms with Crippen molar-refractivity contribution in [3.8, 4) is 0 Å². The van der Waals surface area contributed by atoms with Crippen molar-refractivity contribution in [3.63, 3.8) is 0 Å². The molecule has 1 spiro atoms. The lowest BCUT2D eigenvalue weighted by Gasteiger charge is -2.43. The van der Waals surface area contributed by atoms with E-state index in [0.717, 1.165) is 17.1 Å². The number of piperidine rings is 1. The van der Waals surface area contributed by atoms with Crippen molar-refractivity contribution in [1.82, 2.24) is 30.4 Å². The van der Waals surface area contributed by atoms with Gasteiger partial charge in [0.1, 0.15) is 17.4 Å². The molecule has 4 amide bonds. The number of benzene rings is 2. The molecule has 236 valence electrons. The highest BCUT2D eigenvalue weighted by Crippen LogP contribution is 2.36. The summed E-state index contributed by atoms with van der Waals surface area (Å²) in [5, 5.41) is 6.05. The minimum absolute atomic E-state index is 0.0143. The van der Waals surface area contributed by atoms with Crippen LogP contribution in [0.5, 0.6) is 0 Å². The minimum atomic E-state index is -0.797. The van der Waals surface area contributed by atoms with Gasteiger partial charge in [-0.2, -0.15) is 0 Å². The number of nitrogens with two attached hydrogens (primary N) is 1. The summed E-state index contributed by atoms with van der Waals surface area (Å²) in [6.45, 7) is 3.42. The maximum absolute atomic E-state index is 14.0. The Balaban J connectivity index is 1.15. The van der Waals surface area contributed by atoms with Crippen LogP contribution in [0.4, 0.5) is 22.0 Å². The molecule has 45 heavy (non-hydrogen) atoms. The molecule has 3 aliphatic heterocycles. The predicted molar refractivity (Wildman–Crippen MR) is 179 cm³/mol. The lowest BCUT2D eigenvalue weighted by Crippen LogP contribution is -2.61. The molecule has 1 atom stereocenters. The second-order valence-electron chi connectivity index (χ2n) is 11.5. The van der Waals surface area contributed by atoms with Crippen LogP contribution in [0, 0.1) is 0 Å². The van der Waals surface area contributed by atoms with Gasteiger partial charge in [-0.05, 0) is 74.5 Å². The molecule has 14 heteroatoms.